The first-order chi connectivity index (χ1) is 4.09. The molecule has 0 aromatic rings. The lowest BCUT2D eigenvalue weighted by Gasteiger charge is -2.05. The molecular weight excluding hydrogens is 138 g/mol. The van der Waals surface area contributed by atoms with E-state index >= 15 is 0 Å². The summed E-state index contributed by atoms with van der Waals surface area (Å²) >= 11 is 5.40. The Labute approximate surface area is 59.7 Å². The van der Waals surface area contributed by atoms with Gasteiger partial charge in [-0.2, -0.15) is 0 Å². The number of nitrogens with one attached hydrogen (secondary N) is 1. The van der Waals surface area contributed by atoms with Gasteiger partial charge in [-0.3, -0.25) is 4.79 Å². The van der Waals surface area contributed by atoms with Crippen LogP contribution in [0, 0.1) is 11.3 Å². The van der Waals surface area contributed by atoms with Crippen LogP contribution in [0.3, 0.4) is 0 Å². The summed E-state index contributed by atoms with van der Waals surface area (Å²) in [5.74, 6) is -0.172. The number of hydrogen-bond acceptors (Lipinski definition) is 2. The molecule has 0 rings (SSSR count). The van der Waals surface area contributed by atoms with Gasteiger partial charge < -0.3 is 5.41 Å². The summed E-state index contributed by atoms with van der Waals surface area (Å²) in [6, 6.07) is 0. The summed E-state index contributed by atoms with van der Waals surface area (Å²) in [5.41, 5.74) is 0.345. The summed E-state index contributed by atoms with van der Waals surface area (Å²) in [6.07, 6.45) is 0. The number of halogens is 1. The number of carbonyl (C=O) groups is 1. The van der Waals surface area contributed by atoms with Crippen molar-refractivity contribution in [3.8, 4) is 0 Å². The Bertz CT molecular complexity index is 119. The zero-order valence-electron chi connectivity index (χ0n) is 5.57. The van der Waals surface area contributed by atoms with E-state index in [1.807, 2.05) is 0 Å². The number of Topliss-reactive ketones (excluding diaryl/α,β-unsaturated/α-hetero) is 1. The van der Waals surface area contributed by atoms with Crippen LogP contribution in [0.25, 0.3) is 0 Å². The molecule has 1 atom stereocenters. The van der Waals surface area contributed by atoms with Crippen molar-refractivity contribution in [2.24, 2.45) is 5.92 Å². The molecule has 1 unspecified atom stereocenters. The van der Waals surface area contributed by atoms with E-state index in [4.69, 9.17) is 17.0 Å². The van der Waals surface area contributed by atoms with Crippen molar-refractivity contribution in [1.29, 1.82) is 5.41 Å². The van der Waals surface area contributed by atoms with Crippen molar-refractivity contribution in [3.05, 3.63) is 0 Å². The van der Waals surface area contributed by atoms with Crippen LogP contribution in [-0.4, -0.2) is 17.4 Å². The summed E-state index contributed by atoms with van der Waals surface area (Å²) in [6.45, 7) is 3.04. The third kappa shape index (κ3) is 2.61. The maximum Gasteiger partial charge on any atom is 0.139 e. The van der Waals surface area contributed by atoms with Crippen LogP contribution in [0.5, 0.6) is 0 Å². The van der Waals surface area contributed by atoms with Gasteiger partial charge in [0.1, 0.15) is 5.78 Å². The fourth-order valence-electron chi connectivity index (χ4n) is 0.529. The maximum absolute atomic E-state index is 10.6. The summed E-state index contributed by atoms with van der Waals surface area (Å²) in [5, 5.41) is 7.08. The van der Waals surface area contributed by atoms with E-state index in [1.54, 1.807) is 6.92 Å². The molecule has 0 amide bonds. The van der Waals surface area contributed by atoms with E-state index in [2.05, 4.69) is 0 Å². The molecule has 0 saturated heterocycles. The predicted octanol–water partition coefficient (Wildman–Crippen LogP) is 1.47. The Hall–Kier alpha value is -0.370. The highest BCUT2D eigenvalue weighted by molar-refractivity contribution is 6.22. The third-order valence-electron chi connectivity index (χ3n) is 1.17. The first-order valence-corrected chi connectivity index (χ1v) is 3.24. The molecule has 0 heterocycles. The van der Waals surface area contributed by atoms with Crippen LogP contribution in [-0.2, 0) is 4.79 Å². The van der Waals surface area contributed by atoms with Crippen molar-refractivity contribution in [2.75, 3.05) is 5.88 Å². The number of carbonyl (C=O) groups excluding carboxylic acids is 1. The Morgan fingerprint density at radius 2 is 2.11 bits per heavy atom. The Morgan fingerprint density at radius 3 is 2.11 bits per heavy atom. The molecule has 9 heavy (non-hydrogen) atoms. The molecule has 0 aromatic heterocycles. The van der Waals surface area contributed by atoms with Crippen molar-refractivity contribution in [1.82, 2.24) is 0 Å². The van der Waals surface area contributed by atoms with Gasteiger partial charge in [-0.1, -0.05) is 0 Å². The fraction of sp³-hybridized carbons (Fsp3) is 0.667. The lowest BCUT2D eigenvalue weighted by atomic mass is 10.0. The van der Waals surface area contributed by atoms with E-state index in [0.717, 1.165) is 0 Å². The second kappa shape index (κ2) is 3.62. The molecule has 2 nitrogen and oxygen atoms in total. The Morgan fingerprint density at radius 1 is 1.67 bits per heavy atom. The zero-order chi connectivity index (χ0) is 7.44. The molecule has 0 aliphatic heterocycles. The van der Waals surface area contributed by atoms with Crippen molar-refractivity contribution < 1.29 is 4.79 Å². The van der Waals surface area contributed by atoms with Crippen LogP contribution in [0.15, 0.2) is 0 Å². The van der Waals surface area contributed by atoms with E-state index in [1.165, 1.54) is 6.92 Å². The molecule has 0 aromatic carbocycles. The minimum atomic E-state index is -0.369. The molecule has 0 fully saturated rings. The summed E-state index contributed by atoms with van der Waals surface area (Å²) in [4.78, 5) is 10.6. The first-order valence-electron chi connectivity index (χ1n) is 2.71. The Kier molecular flexibility index (Phi) is 3.47. The second-order valence-corrected chi connectivity index (χ2v) is 2.31. The van der Waals surface area contributed by atoms with Gasteiger partial charge in [0.15, 0.2) is 0 Å². The smallest absolute Gasteiger partial charge is 0.139 e. The predicted molar refractivity (Wildman–Crippen MR) is 38.3 cm³/mol. The van der Waals surface area contributed by atoms with Crippen LogP contribution in [0.4, 0.5) is 0 Å². The molecule has 0 spiro atoms. The average molecular weight is 148 g/mol. The van der Waals surface area contributed by atoms with E-state index in [0.29, 0.717) is 5.71 Å². The highest BCUT2D eigenvalue weighted by Gasteiger charge is 2.13. The monoisotopic (exact) mass is 147 g/mol. The molecular formula is C6H10ClNO. The molecule has 52 valence electrons. The molecule has 0 radical (unpaired) electrons. The van der Waals surface area contributed by atoms with Gasteiger partial charge in [0.05, 0.1) is 5.92 Å². The quantitative estimate of drug-likeness (QED) is 0.477. The van der Waals surface area contributed by atoms with Gasteiger partial charge in [-0.05, 0) is 13.8 Å². The highest BCUT2D eigenvalue weighted by atomic mass is 35.5. The summed E-state index contributed by atoms with van der Waals surface area (Å²) < 4.78 is 0. The second-order valence-electron chi connectivity index (χ2n) is 2.00. The van der Waals surface area contributed by atoms with Crippen molar-refractivity contribution in [3.63, 3.8) is 0 Å². The largest absolute Gasteiger partial charge is 0.309 e. The number of alkyl halides is 1. The minimum absolute atomic E-state index is 0.0301. The van der Waals surface area contributed by atoms with E-state index < -0.39 is 0 Å². The zero-order valence-corrected chi connectivity index (χ0v) is 6.33. The maximum atomic E-state index is 10.6. The summed E-state index contributed by atoms with van der Waals surface area (Å²) in [7, 11) is 0. The lowest BCUT2D eigenvalue weighted by Crippen LogP contribution is -2.20. The van der Waals surface area contributed by atoms with E-state index in [-0.39, 0.29) is 17.6 Å². The molecule has 0 saturated carbocycles. The van der Waals surface area contributed by atoms with Crippen LogP contribution in [0.1, 0.15) is 13.8 Å². The fourth-order valence-corrected chi connectivity index (χ4v) is 0.978. The normalized spacial score (nSPS) is 12.8. The van der Waals surface area contributed by atoms with Gasteiger partial charge in [0.2, 0.25) is 0 Å². The van der Waals surface area contributed by atoms with Gasteiger partial charge in [-0.15, -0.1) is 11.6 Å². The molecule has 0 aliphatic carbocycles. The van der Waals surface area contributed by atoms with Crippen molar-refractivity contribution in [2.45, 2.75) is 13.8 Å². The van der Waals surface area contributed by atoms with Gasteiger partial charge in [-0.25, -0.2) is 0 Å². The minimum Gasteiger partial charge on any atom is -0.309 e. The van der Waals surface area contributed by atoms with Crippen molar-refractivity contribution >= 4 is 23.1 Å². The van der Waals surface area contributed by atoms with Crippen LogP contribution >= 0.6 is 11.6 Å². The topological polar surface area (TPSA) is 40.9 Å². The SMILES string of the molecule is CC(=N)C(CCl)C(C)=O. The molecule has 0 bridgehead atoms. The molecule has 0 aliphatic rings. The standard InChI is InChI=1S/C6H10ClNO/c1-4(8)6(3-7)5(2)9/h6,8H,3H2,1-2H3. The molecule has 1 N–H and O–H groups in total. The van der Waals surface area contributed by atoms with Crippen LogP contribution < -0.4 is 0 Å². The number of rotatable bonds is 3. The van der Waals surface area contributed by atoms with Gasteiger partial charge >= 0.3 is 0 Å². The highest BCUT2D eigenvalue weighted by Crippen LogP contribution is 2.02. The van der Waals surface area contributed by atoms with E-state index in [9.17, 15) is 4.79 Å². The Balaban J connectivity index is 3.99. The molecule has 3 heteroatoms. The lowest BCUT2D eigenvalue weighted by molar-refractivity contribution is -0.118. The van der Waals surface area contributed by atoms with Gasteiger partial charge in [0.25, 0.3) is 0 Å². The average Bonchev–Trinajstić information content (AvgIpc) is 1.64. The number of hydrogen-bond donors (Lipinski definition) is 1. The number of ketones is 1. The van der Waals surface area contributed by atoms with Gasteiger partial charge in [0, 0.05) is 11.6 Å². The van der Waals surface area contributed by atoms with Crippen LogP contribution in [0.2, 0.25) is 0 Å². The third-order valence-corrected chi connectivity index (χ3v) is 1.48. The first kappa shape index (κ1) is 8.63.